The summed E-state index contributed by atoms with van der Waals surface area (Å²) in [6, 6.07) is 15.6. The molecule has 0 saturated heterocycles. The summed E-state index contributed by atoms with van der Waals surface area (Å²) in [6.45, 7) is 0.0752. The molecule has 0 aliphatic rings. The lowest BCUT2D eigenvalue weighted by molar-refractivity contribution is 0.0545. The van der Waals surface area contributed by atoms with E-state index in [0.717, 1.165) is 11.8 Å². The highest BCUT2D eigenvalue weighted by Gasteiger charge is 2.18. The maximum Gasteiger partial charge on any atom is 0.339 e. The number of carbonyl (C=O) groups is 1. The van der Waals surface area contributed by atoms with E-state index in [1.807, 2.05) is 36.4 Å². The number of esters is 1. The molecule has 0 radical (unpaired) electrons. The quantitative estimate of drug-likeness (QED) is 0.796. The molecule has 0 amide bonds. The van der Waals surface area contributed by atoms with Gasteiger partial charge in [0.05, 0.1) is 10.5 Å². The van der Waals surface area contributed by atoms with Gasteiger partial charge in [0.2, 0.25) is 0 Å². The van der Waals surface area contributed by atoms with Crippen LogP contribution in [0, 0.1) is 0 Å². The minimum absolute atomic E-state index is 0.0213. The molecule has 0 fully saturated rings. The Morgan fingerprint density at radius 3 is 2.36 bits per heavy atom. The first kappa shape index (κ1) is 16.0. The number of rotatable bonds is 5. The second-order valence-electron chi connectivity index (χ2n) is 4.68. The Morgan fingerprint density at radius 1 is 1.05 bits per heavy atom. The highest BCUT2D eigenvalue weighted by molar-refractivity contribution is 7.90. The van der Waals surface area contributed by atoms with Crippen molar-refractivity contribution >= 4 is 21.9 Å². The minimum atomic E-state index is -3.47. The summed E-state index contributed by atoms with van der Waals surface area (Å²) in [5.74, 6) is -0.654. The lowest BCUT2D eigenvalue weighted by atomic mass is 10.2. The first-order chi connectivity index (χ1) is 10.5. The van der Waals surface area contributed by atoms with Crippen LogP contribution in [0.3, 0.4) is 0 Å². The monoisotopic (exact) mass is 316 g/mol. The lowest BCUT2D eigenvalue weighted by Crippen LogP contribution is -2.11. The van der Waals surface area contributed by atoms with Crippen LogP contribution in [0.2, 0.25) is 0 Å². The average molecular weight is 316 g/mol. The third-order valence-electron chi connectivity index (χ3n) is 2.93. The lowest BCUT2D eigenvalue weighted by Gasteiger charge is -2.06. The highest BCUT2D eigenvalue weighted by atomic mass is 32.2. The zero-order valence-corrected chi connectivity index (χ0v) is 12.9. The summed E-state index contributed by atoms with van der Waals surface area (Å²) in [5, 5.41) is 0. The van der Waals surface area contributed by atoms with Gasteiger partial charge in [0, 0.05) is 6.26 Å². The van der Waals surface area contributed by atoms with Gasteiger partial charge in [-0.3, -0.25) is 0 Å². The molecule has 0 heterocycles. The summed E-state index contributed by atoms with van der Waals surface area (Å²) in [4.78, 5) is 12.0. The second kappa shape index (κ2) is 7.04. The normalized spacial score (nSPS) is 11.5. The Hall–Kier alpha value is -2.40. The number of hydrogen-bond donors (Lipinski definition) is 0. The average Bonchev–Trinajstić information content (AvgIpc) is 2.51. The van der Waals surface area contributed by atoms with Crippen LogP contribution >= 0.6 is 0 Å². The van der Waals surface area contributed by atoms with Crippen LogP contribution in [-0.2, 0) is 14.6 Å². The van der Waals surface area contributed by atoms with Gasteiger partial charge in [0.25, 0.3) is 0 Å². The third-order valence-corrected chi connectivity index (χ3v) is 4.08. The van der Waals surface area contributed by atoms with E-state index in [-0.39, 0.29) is 17.1 Å². The first-order valence-corrected chi connectivity index (χ1v) is 8.55. The molecule has 2 aromatic rings. The van der Waals surface area contributed by atoms with Crippen LogP contribution in [0.4, 0.5) is 0 Å². The van der Waals surface area contributed by atoms with Gasteiger partial charge in [-0.05, 0) is 23.8 Å². The van der Waals surface area contributed by atoms with Crippen LogP contribution in [0.15, 0.2) is 65.6 Å². The molecule has 4 nitrogen and oxygen atoms in total. The van der Waals surface area contributed by atoms with Crippen LogP contribution in [-0.4, -0.2) is 27.2 Å². The van der Waals surface area contributed by atoms with Crippen molar-refractivity contribution in [2.75, 3.05) is 12.9 Å². The Labute approximate surface area is 130 Å². The van der Waals surface area contributed by atoms with Crippen molar-refractivity contribution in [1.29, 1.82) is 0 Å². The van der Waals surface area contributed by atoms with E-state index in [9.17, 15) is 13.2 Å². The number of benzene rings is 2. The van der Waals surface area contributed by atoms with E-state index in [0.29, 0.717) is 0 Å². The number of carbonyl (C=O) groups excluding carboxylic acids is 1. The Bertz CT molecular complexity index is 777. The minimum Gasteiger partial charge on any atom is -0.458 e. The smallest absolute Gasteiger partial charge is 0.339 e. The molecule has 0 unspecified atom stereocenters. The zero-order chi connectivity index (χ0) is 16.0. The maximum absolute atomic E-state index is 12.0. The van der Waals surface area contributed by atoms with Gasteiger partial charge in [-0.15, -0.1) is 0 Å². The fraction of sp³-hybridized carbons (Fsp3) is 0.118. The fourth-order valence-electron chi connectivity index (χ4n) is 1.91. The second-order valence-corrected chi connectivity index (χ2v) is 6.66. The third kappa shape index (κ3) is 4.30. The summed E-state index contributed by atoms with van der Waals surface area (Å²) in [7, 11) is -3.47. The van der Waals surface area contributed by atoms with Crippen molar-refractivity contribution in [2.24, 2.45) is 0 Å². The summed E-state index contributed by atoms with van der Waals surface area (Å²) in [6.07, 6.45) is 4.60. The van der Waals surface area contributed by atoms with E-state index in [1.165, 1.54) is 12.1 Å². The molecule has 0 saturated carbocycles. The summed E-state index contributed by atoms with van der Waals surface area (Å²) in [5.41, 5.74) is 1.05. The molecule has 0 bridgehead atoms. The predicted molar refractivity (Wildman–Crippen MR) is 85.3 cm³/mol. The first-order valence-electron chi connectivity index (χ1n) is 6.66. The summed E-state index contributed by atoms with van der Waals surface area (Å²) >= 11 is 0. The standard InChI is InChI=1S/C17H16O4S/c1-22(19,20)16-12-6-5-11-15(16)17(18)21-13-7-10-14-8-3-2-4-9-14/h2-12H,13H2,1H3/b10-7+. The topological polar surface area (TPSA) is 60.4 Å². The molecular weight excluding hydrogens is 300 g/mol. The van der Waals surface area contributed by atoms with Crippen LogP contribution < -0.4 is 0 Å². The Balaban J connectivity index is 2.03. The van der Waals surface area contributed by atoms with Gasteiger partial charge in [-0.25, -0.2) is 13.2 Å². The number of hydrogen-bond acceptors (Lipinski definition) is 4. The molecule has 22 heavy (non-hydrogen) atoms. The molecule has 114 valence electrons. The van der Waals surface area contributed by atoms with Gasteiger partial charge >= 0.3 is 5.97 Å². The molecule has 0 aliphatic carbocycles. The molecule has 5 heteroatoms. The maximum atomic E-state index is 12.0. The molecule has 0 atom stereocenters. The Kier molecular flexibility index (Phi) is 5.12. The van der Waals surface area contributed by atoms with Crippen LogP contribution in [0.25, 0.3) is 6.08 Å². The van der Waals surface area contributed by atoms with E-state index in [2.05, 4.69) is 0 Å². The van der Waals surface area contributed by atoms with E-state index >= 15 is 0 Å². The number of sulfone groups is 1. The molecule has 0 aliphatic heterocycles. The van der Waals surface area contributed by atoms with E-state index in [1.54, 1.807) is 18.2 Å². The molecule has 0 aromatic heterocycles. The van der Waals surface area contributed by atoms with Crippen molar-refractivity contribution in [3.8, 4) is 0 Å². The number of ether oxygens (including phenoxy) is 1. The van der Waals surface area contributed by atoms with Gasteiger partial charge < -0.3 is 4.74 Å². The van der Waals surface area contributed by atoms with E-state index in [4.69, 9.17) is 4.74 Å². The van der Waals surface area contributed by atoms with Crippen molar-refractivity contribution in [3.63, 3.8) is 0 Å². The highest BCUT2D eigenvalue weighted by Crippen LogP contribution is 2.16. The summed E-state index contributed by atoms with van der Waals surface area (Å²) < 4.78 is 28.4. The Morgan fingerprint density at radius 2 is 1.68 bits per heavy atom. The SMILES string of the molecule is CS(=O)(=O)c1ccccc1C(=O)OC/C=C/c1ccccc1. The van der Waals surface area contributed by atoms with Gasteiger partial charge in [0.15, 0.2) is 9.84 Å². The van der Waals surface area contributed by atoms with Crippen molar-refractivity contribution in [3.05, 3.63) is 71.8 Å². The predicted octanol–water partition coefficient (Wildman–Crippen LogP) is 2.96. The van der Waals surface area contributed by atoms with Crippen molar-refractivity contribution in [2.45, 2.75) is 4.90 Å². The zero-order valence-electron chi connectivity index (χ0n) is 12.1. The molecule has 2 aromatic carbocycles. The molecule has 2 rings (SSSR count). The van der Waals surface area contributed by atoms with Crippen LogP contribution in [0.5, 0.6) is 0 Å². The van der Waals surface area contributed by atoms with Gasteiger partial charge in [-0.2, -0.15) is 0 Å². The van der Waals surface area contributed by atoms with E-state index < -0.39 is 15.8 Å². The van der Waals surface area contributed by atoms with Gasteiger partial charge in [-0.1, -0.05) is 48.5 Å². The van der Waals surface area contributed by atoms with Crippen LogP contribution in [0.1, 0.15) is 15.9 Å². The van der Waals surface area contributed by atoms with Crippen molar-refractivity contribution in [1.82, 2.24) is 0 Å². The molecular formula is C17H16O4S. The van der Waals surface area contributed by atoms with Gasteiger partial charge in [0.1, 0.15) is 6.61 Å². The fourth-order valence-corrected chi connectivity index (χ4v) is 2.79. The molecule has 0 N–H and O–H groups in total. The molecule has 0 spiro atoms. The largest absolute Gasteiger partial charge is 0.458 e. The van der Waals surface area contributed by atoms with Crippen molar-refractivity contribution < 1.29 is 17.9 Å².